The van der Waals surface area contributed by atoms with E-state index >= 15 is 0 Å². The SMILES string of the molecule is CC(C)[O-].CC(C)[O-].CC(C)[O-].COc1ccccc1CN(CCN(C)C)Cc1cc(C(C)(C)C)cc(Cl)c1[O-].[Ti+4]. The van der Waals surface area contributed by atoms with Gasteiger partial charge >= 0.3 is 21.7 Å². The zero-order valence-corrected chi connectivity index (χ0v) is 29.7. The summed E-state index contributed by atoms with van der Waals surface area (Å²) >= 11 is 6.28. The Kier molecular flexibility index (Phi) is 25.2. The minimum Gasteiger partial charge on any atom is -0.871 e. The van der Waals surface area contributed by atoms with Crippen molar-refractivity contribution in [1.29, 1.82) is 0 Å². The minimum atomic E-state index is -0.417. The van der Waals surface area contributed by atoms with Crippen LogP contribution in [0.1, 0.15) is 79.0 Å². The smallest absolute Gasteiger partial charge is 0.871 e. The van der Waals surface area contributed by atoms with Crippen molar-refractivity contribution < 1.29 is 46.9 Å². The van der Waals surface area contributed by atoms with Crippen LogP contribution in [0, 0.1) is 0 Å². The van der Waals surface area contributed by atoms with Crippen LogP contribution in [-0.2, 0) is 40.2 Å². The number of para-hydroxylation sites is 1. The Labute approximate surface area is 270 Å². The van der Waals surface area contributed by atoms with Gasteiger partial charge in [-0.3, -0.25) is 4.90 Å². The van der Waals surface area contributed by atoms with Gasteiger partial charge in [-0.1, -0.05) is 104 Å². The maximum atomic E-state index is 12.7. The molecular formula is C32H53ClN2O5Ti. The number of benzene rings is 2. The van der Waals surface area contributed by atoms with Crippen molar-refractivity contribution in [2.45, 2.75) is 99.1 Å². The van der Waals surface area contributed by atoms with Crippen molar-refractivity contribution in [2.24, 2.45) is 0 Å². The van der Waals surface area contributed by atoms with E-state index in [9.17, 15) is 20.4 Å². The van der Waals surface area contributed by atoms with E-state index in [0.29, 0.717) is 18.1 Å². The number of nitrogens with zero attached hydrogens (tertiary/aromatic N) is 2. The number of methoxy groups -OCH3 is 1. The molecule has 0 unspecified atom stereocenters. The first-order valence-corrected chi connectivity index (χ1v) is 14.2. The van der Waals surface area contributed by atoms with Crippen molar-refractivity contribution in [2.75, 3.05) is 34.3 Å². The summed E-state index contributed by atoms with van der Waals surface area (Å²) in [6.45, 7) is 19.0. The topological polar surface area (TPSA) is 108 Å². The van der Waals surface area contributed by atoms with Crippen LogP contribution in [0.25, 0.3) is 0 Å². The number of likely N-dealkylation sites (N-methyl/N-ethyl adjacent to an activating group) is 1. The Balaban J connectivity index is -0.000000940. The Bertz CT molecular complexity index is 912. The molecule has 2 aromatic carbocycles. The fourth-order valence-corrected chi connectivity index (χ4v) is 3.31. The van der Waals surface area contributed by atoms with Crippen molar-refractivity contribution in [1.82, 2.24) is 9.80 Å². The second-order valence-electron chi connectivity index (χ2n) is 11.7. The second kappa shape index (κ2) is 23.3. The second-order valence-corrected chi connectivity index (χ2v) is 12.1. The van der Waals surface area contributed by atoms with E-state index in [0.717, 1.165) is 35.5 Å². The molecule has 7 nitrogen and oxygen atoms in total. The molecule has 0 atom stereocenters. The van der Waals surface area contributed by atoms with Gasteiger partial charge in [-0.15, -0.1) is 18.3 Å². The van der Waals surface area contributed by atoms with E-state index in [2.05, 4.69) is 50.7 Å². The molecule has 0 spiro atoms. The van der Waals surface area contributed by atoms with Crippen LogP contribution in [0.3, 0.4) is 0 Å². The predicted octanol–water partition coefficient (Wildman–Crippen LogP) is 3.55. The molecular weight excluding hydrogens is 576 g/mol. The zero-order valence-electron chi connectivity index (χ0n) is 27.3. The zero-order chi connectivity index (χ0) is 31.6. The van der Waals surface area contributed by atoms with Crippen LogP contribution in [0.2, 0.25) is 5.02 Å². The van der Waals surface area contributed by atoms with Gasteiger partial charge in [0.1, 0.15) is 5.75 Å². The van der Waals surface area contributed by atoms with Crippen LogP contribution < -0.4 is 25.2 Å². The van der Waals surface area contributed by atoms with E-state index in [4.69, 9.17) is 16.3 Å². The van der Waals surface area contributed by atoms with Crippen LogP contribution >= 0.6 is 11.6 Å². The van der Waals surface area contributed by atoms with E-state index < -0.39 is 18.3 Å². The number of rotatable bonds is 8. The van der Waals surface area contributed by atoms with Crippen molar-refractivity contribution in [3.8, 4) is 11.5 Å². The van der Waals surface area contributed by atoms with Gasteiger partial charge in [0.15, 0.2) is 0 Å². The maximum Gasteiger partial charge on any atom is 4.00 e. The molecule has 9 heteroatoms. The molecule has 41 heavy (non-hydrogen) atoms. The molecule has 0 heterocycles. The molecule has 0 aromatic heterocycles. The summed E-state index contributed by atoms with van der Waals surface area (Å²) in [6, 6.07) is 11.8. The molecule has 0 aliphatic heterocycles. The maximum absolute atomic E-state index is 12.7. The van der Waals surface area contributed by atoms with Gasteiger partial charge in [-0.25, -0.2) is 0 Å². The quantitative estimate of drug-likeness (QED) is 0.412. The fourth-order valence-electron chi connectivity index (χ4n) is 3.07. The third kappa shape index (κ3) is 24.0. The van der Waals surface area contributed by atoms with Gasteiger partial charge in [-0.05, 0) is 42.8 Å². The molecule has 0 bridgehead atoms. The van der Waals surface area contributed by atoms with Crippen LogP contribution in [0.4, 0.5) is 0 Å². The van der Waals surface area contributed by atoms with E-state index in [-0.39, 0.29) is 32.9 Å². The third-order valence-electron chi connectivity index (χ3n) is 4.83. The standard InChI is InChI=1S/C23H33ClN2O2.3C3H7O.Ti/c1-23(2,3)19-13-18(22(27)20(24)14-19)16-26(12-11-25(4)5)15-17-9-7-8-10-21(17)28-6;3*1-3(2)4;/h7-10,13-14,27H,11-12,15-16H2,1-6H3;3*3H,1-2H3;/q;3*-1;+4/p-1. The summed E-state index contributed by atoms with van der Waals surface area (Å²) in [5.74, 6) is 0.783. The molecule has 0 aliphatic carbocycles. The first-order valence-electron chi connectivity index (χ1n) is 13.8. The summed E-state index contributed by atoms with van der Waals surface area (Å²) in [6.07, 6.45) is -1.25. The van der Waals surface area contributed by atoms with Gasteiger partial charge in [0.2, 0.25) is 0 Å². The Morgan fingerprint density at radius 1 is 0.805 bits per heavy atom. The normalized spacial score (nSPS) is 10.9. The molecule has 0 fully saturated rings. The average Bonchev–Trinajstić information content (AvgIpc) is 2.78. The first-order chi connectivity index (χ1) is 18.3. The van der Waals surface area contributed by atoms with Crippen LogP contribution in [-0.4, -0.2) is 62.4 Å². The monoisotopic (exact) mass is 628 g/mol. The summed E-state index contributed by atoms with van der Waals surface area (Å²) in [7, 11) is 5.79. The first kappa shape index (κ1) is 44.3. The van der Waals surface area contributed by atoms with Crippen molar-refractivity contribution in [3.63, 3.8) is 0 Å². The molecule has 2 rings (SSSR count). The number of hydrogen-bond acceptors (Lipinski definition) is 7. The number of ether oxygens (including phenoxy) is 1. The van der Waals surface area contributed by atoms with Gasteiger partial charge in [-0.2, -0.15) is 0 Å². The molecule has 0 saturated carbocycles. The van der Waals surface area contributed by atoms with Crippen molar-refractivity contribution >= 4 is 11.6 Å². The van der Waals surface area contributed by atoms with Gasteiger partial charge in [0, 0.05) is 36.8 Å². The van der Waals surface area contributed by atoms with Gasteiger partial charge < -0.3 is 30.1 Å². The van der Waals surface area contributed by atoms with Crippen LogP contribution in [0.5, 0.6) is 11.5 Å². The van der Waals surface area contributed by atoms with Gasteiger partial charge in [0.05, 0.1) is 7.11 Å². The summed E-state index contributed by atoms with van der Waals surface area (Å²) in [5.41, 5.74) is 2.86. The molecule has 0 radical (unpaired) electrons. The molecule has 232 valence electrons. The van der Waals surface area contributed by atoms with Gasteiger partial charge in [0.25, 0.3) is 0 Å². The molecule has 0 amide bonds. The predicted molar refractivity (Wildman–Crippen MR) is 161 cm³/mol. The number of halogens is 1. The average molecular weight is 629 g/mol. The van der Waals surface area contributed by atoms with E-state index in [1.807, 2.05) is 24.3 Å². The number of hydrogen-bond donors (Lipinski definition) is 0. The minimum absolute atomic E-state index is 0. The summed E-state index contributed by atoms with van der Waals surface area (Å²) in [4.78, 5) is 4.42. The van der Waals surface area contributed by atoms with Crippen LogP contribution in [0.15, 0.2) is 36.4 Å². The van der Waals surface area contributed by atoms with E-state index in [1.54, 1.807) is 54.7 Å². The Hall–Kier alpha value is -1.16. The third-order valence-corrected chi connectivity index (χ3v) is 5.11. The molecule has 0 saturated heterocycles. The van der Waals surface area contributed by atoms with E-state index in [1.165, 1.54) is 0 Å². The summed E-state index contributed by atoms with van der Waals surface area (Å²) < 4.78 is 5.51. The fraction of sp³-hybridized carbons (Fsp3) is 0.625. The Morgan fingerprint density at radius 2 is 1.24 bits per heavy atom. The largest absolute Gasteiger partial charge is 4.00 e. The molecule has 0 aliphatic rings. The molecule has 2 aromatic rings. The van der Waals surface area contributed by atoms with Crippen molar-refractivity contribution in [3.05, 3.63) is 58.1 Å². The Morgan fingerprint density at radius 3 is 1.66 bits per heavy atom. The summed E-state index contributed by atoms with van der Waals surface area (Å²) in [5, 5.41) is 41.6. The molecule has 0 N–H and O–H groups in total.